The first-order valence-electron chi connectivity index (χ1n) is 8.63. The van der Waals surface area contributed by atoms with Crippen molar-refractivity contribution < 1.29 is 0 Å². The van der Waals surface area contributed by atoms with Gasteiger partial charge in [0.25, 0.3) is 0 Å². The molecule has 142 valence electrons. The van der Waals surface area contributed by atoms with Gasteiger partial charge in [0.05, 0.1) is 11.4 Å². The molecule has 0 bridgehead atoms. The lowest BCUT2D eigenvalue weighted by Gasteiger charge is -2.27. The van der Waals surface area contributed by atoms with Gasteiger partial charge < -0.3 is 16.8 Å². The molecule has 10 heteroatoms. The number of anilines is 3. The Labute approximate surface area is 166 Å². The Hall–Kier alpha value is -4.57. The largest absolute Gasteiger partial charge is 0.397 e. The van der Waals surface area contributed by atoms with Crippen molar-refractivity contribution in [3.63, 3.8) is 0 Å². The van der Waals surface area contributed by atoms with Crippen molar-refractivity contribution in [2.75, 3.05) is 16.8 Å². The molecule has 4 rings (SSSR count). The zero-order chi connectivity index (χ0) is 20.5. The summed E-state index contributed by atoms with van der Waals surface area (Å²) < 4.78 is 1.72. The molecule has 29 heavy (non-hydrogen) atoms. The zero-order valence-corrected chi connectivity index (χ0v) is 15.4. The Bertz CT molecular complexity index is 1210. The molecule has 0 radical (unpaired) electrons. The molecule has 3 heterocycles. The average molecular weight is 384 g/mol. The third-order valence-corrected chi connectivity index (χ3v) is 4.59. The highest BCUT2D eigenvalue weighted by Gasteiger charge is 2.31. The summed E-state index contributed by atoms with van der Waals surface area (Å²) in [5.74, 6) is 0.545. The molecule has 0 aliphatic carbocycles. The Morgan fingerprint density at radius 2 is 2.10 bits per heavy atom. The fourth-order valence-corrected chi connectivity index (χ4v) is 3.32. The van der Waals surface area contributed by atoms with Gasteiger partial charge in [0.15, 0.2) is 6.19 Å². The van der Waals surface area contributed by atoms with Gasteiger partial charge >= 0.3 is 0 Å². The molecule has 1 aliphatic rings. The highest BCUT2D eigenvalue weighted by molar-refractivity contribution is 5.98. The van der Waals surface area contributed by atoms with Gasteiger partial charge in [-0.2, -0.15) is 15.6 Å². The molecule has 1 atom stereocenters. The van der Waals surface area contributed by atoms with E-state index >= 15 is 0 Å². The lowest BCUT2D eigenvalue weighted by Crippen LogP contribution is -2.33. The van der Waals surface area contributed by atoms with E-state index in [2.05, 4.69) is 25.7 Å². The van der Waals surface area contributed by atoms with Gasteiger partial charge in [-0.15, -0.1) is 0 Å². The quantitative estimate of drug-likeness (QED) is 0.381. The fraction of sp³-hybridized carbons (Fsp3) is 0.105. The van der Waals surface area contributed by atoms with Crippen LogP contribution in [-0.2, 0) is 0 Å². The van der Waals surface area contributed by atoms with E-state index in [1.54, 1.807) is 10.9 Å². The number of nitrogens with one attached hydrogen (secondary N) is 2. The summed E-state index contributed by atoms with van der Waals surface area (Å²) >= 11 is 0. The van der Waals surface area contributed by atoms with Crippen LogP contribution in [0.5, 0.6) is 0 Å². The van der Waals surface area contributed by atoms with Crippen LogP contribution in [0.1, 0.15) is 28.3 Å². The van der Waals surface area contributed by atoms with Gasteiger partial charge in [-0.3, -0.25) is 5.32 Å². The number of hydrogen-bond donors (Lipinski definition) is 4. The molecule has 6 N–H and O–H groups in total. The third kappa shape index (κ3) is 2.95. The van der Waals surface area contributed by atoms with Crippen molar-refractivity contribution in [2.24, 2.45) is 4.99 Å². The van der Waals surface area contributed by atoms with Crippen molar-refractivity contribution >= 4 is 23.3 Å². The molecule has 1 aromatic carbocycles. The SMILES string of the molecule is Cc1ccc(-n2cccn2)c(C2N=C(NC#N)Nc3nc(N)c(C#N)c(N)c32)c1. The predicted molar refractivity (Wildman–Crippen MR) is 108 cm³/mol. The zero-order valence-electron chi connectivity index (χ0n) is 15.4. The summed E-state index contributed by atoms with van der Waals surface area (Å²) in [6, 6.07) is 9.04. The lowest BCUT2D eigenvalue weighted by atomic mass is 9.93. The average Bonchev–Trinajstić information content (AvgIpc) is 3.22. The monoisotopic (exact) mass is 384 g/mol. The summed E-state index contributed by atoms with van der Waals surface area (Å²) in [5, 5.41) is 28.3. The molecular weight excluding hydrogens is 368 g/mol. The Morgan fingerprint density at radius 1 is 1.28 bits per heavy atom. The van der Waals surface area contributed by atoms with Crippen LogP contribution in [0.2, 0.25) is 0 Å². The van der Waals surface area contributed by atoms with E-state index in [4.69, 9.17) is 16.7 Å². The van der Waals surface area contributed by atoms with Crippen LogP contribution in [0.4, 0.5) is 17.3 Å². The maximum atomic E-state index is 9.47. The Kier molecular flexibility index (Phi) is 4.22. The maximum Gasteiger partial charge on any atom is 0.211 e. The van der Waals surface area contributed by atoms with Gasteiger partial charge in [-0.05, 0) is 19.1 Å². The summed E-state index contributed by atoms with van der Waals surface area (Å²) in [7, 11) is 0. The van der Waals surface area contributed by atoms with E-state index in [1.807, 2.05) is 49.6 Å². The van der Waals surface area contributed by atoms with E-state index in [0.29, 0.717) is 11.4 Å². The number of fused-ring (bicyclic) bond motifs is 1. The molecule has 0 amide bonds. The van der Waals surface area contributed by atoms with Crippen LogP contribution in [0, 0.1) is 29.7 Å². The minimum absolute atomic E-state index is 0.00440. The number of nitrogens with two attached hydrogens (primary N) is 2. The second-order valence-corrected chi connectivity index (χ2v) is 6.41. The first kappa shape index (κ1) is 17.8. The fourth-order valence-electron chi connectivity index (χ4n) is 3.32. The number of aliphatic imine (C=N–C) groups is 1. The molecule has 0 spiro atoms. The first-order valence-corrected chi connectivity index (χ1v) is 8.63. The molecule has 3 aromatic rings. The van der Waals surface area contributed by atoms with Crippen molar-refractivity contribution in [1.29, 1.82) is 10.5 Å². The van der Waals surface area contributed by atoms with Crippen LogP contribution < -0.4 is 22.1 Å². The summed E-state index contributed by atoms with van der Waals surface area (Å²) in [5.41, 5.74) is 15.6. The number of guanidine groups is 1. The van der Waals surface area contributed by atoms with E-state index in [1.165, 1.54) is 0 Å². The van der Waals surface area contributed by atoms with Crippen molar-refractivity contribution in [3.05, 3.63) is 58.9 Å². The lowest BCUT2D eigenvalue weighted by molar-refractivity contribution is 0.801. The number of aromatic nitrogens is 3. The number of rotatable bonds is 2. The summed E-state index contributed by atoms with van der Waals surface area (Å²) in [6.45, 7) is 1.96. The third-order valence-electron chi connectivity index (χ3n) is 4.59. The van der Waals surface area contributed by atoms with Crippen molar-refractivity contribution in [2.45, 2.75) is 13.0 Å². The molecule has 1 unspecified atom stereocenters. The van der Waals surface area contributed by atoms with Gasteiger partial charge in [0.2, 0.25) is 5.96 Å². The van der Waals surface area contributed by atoms with Crippen molar-refractivity contribution in [1.82, 2.24) is 20.1 Å². The van der Waals surface area contributed by atoms with Crippen LogP contribution in [0.25, 0.3) is 5.69 Å². The maximum absolute atomic E-state index is 9.47. The van der Waals surface area contributed by atoms with Crippen molar-refractivity contribution in [3.8, 4) is 17.9 Å². The normalized spacial score (nSPS) is 14.7. The topological polar surface area (TPSA) is 167 Å². The smallest absolute Gasteiger partial charge is 0.211 e. The number of pyridine rings is 1. The van der Waals surface area contributed by atoms with Crippen LogP contribution in [0.3, 0.4) is 0 Å². The number of nitrogens with zero attached hydrogens (tertiary/aromatic N) is 6. The molecule has 0 saturated carbocycles. The standard InChI is InChI=1S/C19H16N10/c1-10-3-4-13(29-6-2-5-25-29)11(7-10)16-14-15(22)12(8-20)17(23)27-18(14)28-19(26-16)24-9-21/h2-7,16H,1H3,(H6,22,23,24,26,27,28). The van der Waals surface area contributed by atoms with Gasteiger partial charge in [0, 0.05) is 23.5 Å². The van der Waals surface area contributed by atoms with E-state index < -0.39 is 6.04 Å². The minimum atomic E-state index is -0.638. The van der Waals surface area contributed by atoms with Crippen LogP contribution in [-0.4, -0.2) is 20.7 Å². The Morgan fingerprint density at radius 3 is 2.79 bits per heavy atom. The molecule has 0 saturated heterocycles. The highest BCUT2D eigenvalue weighted by atomic mass is 15.3. The number of hydrogen-bond acceptors (Lipinski definition) is 9. The second-order valence-electron chi connectivity index (χ2n) is 6.41. The summed E-state index contributed by atoms with van der Waals surface area (Å²) in [4.78, 5) is 8.90. The number of nitrogen functional groups attached to an aromatic ring is 2. The predicted octanol–water partition coefficient (Wildman–Crippen LogP) is 1.55. The second kappa shape index (κ2) is 6.87. The molecular formula is C19H16N10. The van der Waals surface area contributed by atoms with E-state index in [9.17, 15) is 5.26 Å². The minimum Gasteiger partial charge on any atom is -0.397 e. The highest BCUT2D eigenvalue weighted by Crippen LogP contribution is 2.42. The number of benzene rings is 1. The summed E-state index contributed by atoms with van der Waals surface area (Å²) in [6.07, 6.45) is 5.34. The number of aryl methyl sites for hydroxylation is 1. The van der Waals surface area contributed by atoms with Crippen LogP contribution >= 0.6 is 0 Å². The Balaban J connectivity index is 2.01. The van der Waals surface area contributed by atoms with Gasteiger partial charge in [-0.1, -0.05) is 17.7 Å². The molecule has 0 fully saturated rings. The van der Waals surface area contributed by atoms with Gasteiger partial charge in [-0.25, -0.2) is 14.7 Å². The molecule has 2 aromatic heterocycles. The number of nitriles is 2. The first-order chi connectivity index (χ1) is 14.0. The molecule has 1 aliphatic heterocycles. The van der Waals surface area contributed by atoms with Gasteiger partial charge in [0.1, 0.15) is 29.3 Å². The molecule has 10 nitrogen and oxygen atoms in total. The van der Waals surface area contributed by atoms with E-state index in [-0.39, 0.29) is 23.0 Å². The van der Waals surface area contributed by atoms with E-state index in [0.717, 1.165) is 16.8 Å². The van der Waals surface area contributed by atoms with Crippen LogP contribution in [0.15, 0.2) is 41.7 Å².